The van der Waals surface area contributed by atoms with Crippen LogP contribution in [0.3, 0.4) is 0 Å². The summed E-state index contributed by atoms with van der Waals surface area (Å²) in [4.78, 5) is 9.02. The van der Waals surface area contributed by atoms with Crippen molar-refractivity contribution in [3.05, 3.63) is 17.5 Å². The summed E-state index contributed by atoms with van der Waals surface area (Å²) in [7, 11) is 0. The Labute approximate surface area is 105 Å². The monoisotopic (exact) mass is 235 g/mol. The van der Waals surface area contributed by atoms with Gasteiger partial charge in [-0.3, -0.25) is 0 Å². The molecule has 96 valence electrons. The Balaban J connectivity index is 2.84. The molecule has 2 unspecified atom stereocenters. The van der Waals surface area contributed by atoms with Crippen molar-refractivity contribution < 1.29 is 0 Å². The summed E-state index contributed by atoms with van der Waals surface area (Å²) >= 11 is 0. The van der Waals surface area contributed by atoms with Crippen LogP contribution in [0.25, 0.3) is 0 Å². The van der Waals surface area contributed by atoms with Crippen molar-refractivity contribution in [2.75, 3.05) is 5.32 Å². The van der Waals surface area contributed by atoms with Gasteiger partial charge in [0, 0.05) is 17.4 Å². The van der Waals surface area contributed by atoms with Crippen LogP contribution in [-0.2, 0) is 0 Å². The highest BCUT2D eigenvalue weighted by atomic mass is 15.1. The fourth-order valence-corrected chi connectivity index (χ4v) is 1.65. The molecule has 0 radical (unpaired) electrons. The van der Waals surface area contributed by atoms with Crippen molar-refractivity contribution in [1.29, 1.82) is 0 Å². The quantitative estimate of drug-likeness (QED) is 0.844. The van der Waals surface area contributed by atoms with Crippen molar-refractivity contribution in [1.82, 2.24) is 9.97 Å². The maximum Gasteiger partial charge on any atom is 0.223 e. The Hall–Kier alpha value is -1.12. The van der Waals surface area contributed by atoms with Crippen LogP contribution in [0.1, 0.15) is 58.3 Å². The Morgan fingerprint density at radius 2 is 1.82 bits per heavy atom. The lowest BCUT2D eigenvalue weighted by Crippen LogP contribution is -2.24. The van der Waals surface area contributed by atoms with Gasteiger partial charge >= 0.3 is 0 Å². The van der Waals surface area contributed by atoms with Crippen LogP contribution in [0.15, 0.2) is 6.07 Å². The summed E-state index contributed by atoms with van der Waals surface area (Å²) in [5.74, 6) is 1.83. The number of hydrogen-bond donors (Lipinski definition) is 1. The number of hydrogen-bond acceptors (Lipinski definition) is 3. The Morgan fingerprint density at radius 3 is 2.35 bits per heavy atom. The van der Waals surface area contributed by atoms with Gasteiger partial charge in [0.05, 0.1) is 0 Å². The number of rotatable bonds is 5. The highest BCUT2D eigenvalue weighted by molar-refractivity contribution is 5.30. The van der Waals surface area contributed by atoms with Crippen LogP contribution in [-0.4, -0.2) is 16.0 Å². The molecule has 1 rings (SSSR count). The molecule has 17 heavy (non-hydrogen) atoms. The molecule has 2 atom stereocenters. The highest BCUT2D eigenvalue weighted by Crippen LogP contribution is 2.16. The van der Waals surface area contributed by atoms with Gasteiger partial charge in [-0.25, -0.2) is 9.97 Å². The molecule has 0 aromatic carbocycles. The fourth-order valence-electron chi connectivity index (χ4n) is 1.65. The van der Waals surface area contributed by atoms with Crippen molar-refractivity contribution in [2.45, 2.75) is 59.9 Å². The lowest BCUT2D eigenvalue weighted by molar-refractivity contribution is 0.492. The molecular weight excluding hydrogens is 210 g/mol. The average molecular weight is 235 g/mol. The second-order valence-corrected chi connectivity index (χ2v) is 5.23. The predicted molar refractivity (Wildman–Crippen MR) is 73.4 cm³/mol. The molecule has 1 aromatic heterocycles. The third kappa shape index (κ3) is 3.99. The third-order valence-electron chi connectivity index (χ3n) is 3.32. The van der Waals surface area contributed by atoms with Crippen LogP contribution in [0.4, 0.5) is 5.95 Å². The zero-order valence-corrected chi connectivity index (χ0v) is 11.9. The van der Waals surface area contributed by atoms with Crippen molar-refractivity contribution >= 4 is 5.95 Å². The highest BCUT2D eigenvalue weighted by Gasteiger charge is 2.12. The number of anilines is 1. The molecular formula is C14H25N3. The number of nitrogens with zero attached hydrogens (tertiary/aromatic N) is 2. The van der Waals surface area contributed by atoms with E-state index in [0.29, 0.717) is 17.9 Å². The topological polar surface area (TPSA) is 37.8 Å². The molecule has 1 N–H and O–H groups in total. The molecule has 0 spiro atoms. The first kappa shape index (κ1) is 13.9. The van der Waals surface area contributed by atoms with E-state index in [1.165, 1.54) is 0 Å². The molecule has 0 aliphatic rings. The average Bonchev–Trinajstić information content (AvgIpc) is 2.26. The fraction of sp³-hybridized carbons (Fsp3) is 0.714. The van der Waals surface area contributed by atoms with Gasteiger partial charge in [0.25, 0.3) is 0 Å². The summed E-state index contributed by atoms with van der Waals surface area (Å²) in [5.41, 5.74) is 2.14. The van der Waals surface area contributed by atoms with Crippen LogP contribution in [0.5, 0.6) is 0 Å². The van der Waals surface area contributed by atoms with E-state index >= 15 is 0 Å². The van der Waals surface area contributed by atoms with Crippen LogP contribution in [0, 0.1) is 12.8 Å². The van der Waals surface area contributed by atoms with Crippen LogP contribution >= 0.6 is 0 Å². The number of aromatic nitrogens is 2. The largest absolute Gasteiger partial charge is 0.351 e. The van der Waals surface area contributed by atoms with Crippen molar-refractivity contribution in [3.8, 4) is 0 Å². The van der Waals surface area contributed by atoms with E-state index in [2.05, 4.69) is 56.0 Å². The Morgan fingerprint density at radius 1 is 1.18 bits per heavy atom. The number of aryl methyl sites for hydroxylation is 1. The normalized spacial score (nSPS) is 14.8. The summed E-state index contributed by atoms with van der Waals surface area (Å²) < 4.78 is 0. The molecule has 0 aliphatic carbocycles. The van der Waals surface area contributed by atoms with Gasteiger partial charge in [-0.05, 0) is 31.7 Å². The maximum atomic E-state index is 4.57. The SMILES string of the molecule is CCC(C)C(C)Nc1nc(C)cc(C(C)C)n1. The predicted octanol–water partition coefficient (Wildman–Crippen LogP) is 3.75. The molecule has 0 aliphatic heterocycles. The second kappa shape index (κ2) is 5.99. The van der Waals surface area contributed by atoms with Gasteiger partial charge in [-0.15, -0.1) is 0 Å². The summed E-state index contributed by atoms with van der Waals surface area (Å²) in [5, 5.41) is 3.41. The minimum Gasteiger partial charge on any atom is -0.351 e. The van der Waals surface area contributed by atoms with Crippen molar-refractivity contribution in [2.24, 2.45) is 5.92 Å². The van der Waals surface area contributed by atoms with Gasteiger partial charge in [0.2, 0.25) is 5.95 Å². The molecule has 1 heterocycles. The molecule has 0 saturated carbocycles. The molecule has 0 saturated heterocycles. The molecule has 1 aromatic rings. The molecule has 0 bridgehead atoms. The minimum atomic E-state index is 0.404. The van der Waals surface area contributed by atoms with E-state index in [0.717, 1.165) is 23.8 Å². The minimum absolute atomic E-state index is 0.404. The van der Waals surface area contributed by atoms with Gasteiger partial charge in [-0.1, -0.05) is 34.1 Å². The first-order valence-electron chi connectivity index (χ1n) is 6.56. The molecule has 0 fully saturated rings. The summed E-state index contributed by atoms with van der Waals surface area (Å²) in [6.07, 6.45) is 1.16. The Kier molecular flexibility index (Phi) is 4.91. The van der Waals surface area contributed by atoms with E-state index in [-0.39, 0.29) is 0 Å². The third-order valence-corrected chi connectivity index (χ3v) is 3.32. The van der Waals surface area contributed by atoms with E-state index in [1.807, 2.05) is 6.92 Å². The zero-order chi connectivity index (χ0) is 13.0. The molecule has 3 heteroatoms. The smallest absolute Gasteiger partial charge is 0.223 e. The Bertz CT molecular complexity index is 360. The second-order valence-electron chi connectivity index (χ2n) is 5.23. The van der Waals surface area contributed by atoms with E-state index < -0.39 is 0 Å². The van der Waals surface area contributed by atoms with E-state index in [9.17, 15) is 0 Å². The molecule has 0 amide bonds. The van der Waals surface area contributed by atoms with Gasteiger partial charge in [-0.2, -0.15) is 0 Å². The van der Waals surface area contributed by atoms with Crippen molar-refractivity contribution in [3.63, 3.8) is 0 Å². The van der Waals surface area contributed by atoms with Crippen LogP contribution < -0.4 is 5.32 Å². The lowest BCUT2D eigenvalue weighted by Gasteiger charge is -2.20. The van der Waals surface area contributed by atoms with E-state index in [4.69, 9.17) is 0 Å². The van der Waals surface area contributed by atoms with Gasteiger partial charge in [0.15, 0.2) is 0 Å². The standard InChI is InChI=1S/C14H25N3/c1-7-10(4)12(6)16-14-15-11(5)8-13(17-14)9(2)3/h8-10,12H,7H2,1-6H3,(H,15,16,17). The van der Waals surface area contributed by atoms with E-state index in [1.54, 1.807) is 0 Å². The maximum absolute atomic E-state index is 4.57. The van der Waals surface area contributed by atoms with Gasteiger partial charge < -0.3 is 5.32 Å². The molecule has 3 nitrogen and oxygen atoms in total. The van der Waals surface area contributed by atoms with Crippen LogP contribution in [0.2, 0.25) is 0 Å². The number of nitrogens with one attached hydrogen (secondary N) is 1. The summed E-state index contributed by atoms with van der Waals surface area (Å²) in [6, 6.07) is 2.46. The summed E-state index contributed by atoms with van der Waals surface area (Å²) in [6.45, 7) is 13.0. The zero-order valence-electron chi connectivity index (χ0n) is 11.9. The first-order chi connectivity index (χ1) is 7.93. The first-order valence-corrected chi connectivity index (χ1v) is 6.56. The van der Waals surface area contributed by atoms with Gasteiger partial charge in [0.1, 0.15) is 0 Å². The lowest BCUT2D eigenvalue weighted by atomic mass is 10.0.